The van der Waals surface area contributed by atoms with Gasteiger partial charge in [0.25, 0.3) is 5.69 Å². The van der Waals surface area contributed by atoms with E-state index in [1.54, 1.807) is 48.5 Å². The molecule has 0 spiro atoms. The molecule has 0 bridgehead atoms. The Morgan fingerprint density at radius 3 is 2.41 bits per heavy atom. The summed E-state index contributed by atoms with van der Waals surface area (Å²) in [7, 11) is 1.45. The number of hydrogen-bond acceptors (Lipinski definition) is 7. The number of nitro benzene ring substituents is 1. The average Bonchev–Trinajstić information content (AvgIpc) is 3.39. The van der Waals surface area contributed by atoms with Crippen LogP contribution in [-0.2, 0) is 16.9 Å². The lowest BCUT2D eigenvalue weighted by Gasteiger charge is -2.39. The minimum absolute atomic E-state index is 0.0771. The molecular formula is C33H32F3N3O7. The molecule has 1 saturated heterocycles. The molecule has 0 radical (unpaired) electrons. The standard InChI is InChI=1S/C33H32F3N3O7/c1-45-30-17-22(8-12-31(40)41)7-11-29(30)46-25-13-15-37(16-14-25)21-32(42,33(34,35)36)27-20-38(19-23-5-3-2-4-6-23)28-18-24(39(43)44)9-10-26(27)28/h2-12,17-18,20,25,42H,13-16,19,21H2,1H3,(H,40,41). The summed E-state index contributed by atoms with van der Waals surface area (Å²) in [5.41, 5.74) is -2.33. The van der Waals surface area contributed by atoms with Gasteiger partial charge in [-0.15, -0.1) is 0 Å². The fraction of sp³-hybridized carbons (Fsp3) is 0.303. The van der Waals surface area contributed by atoms with Crippen molar-refractivity contribution in [3.05, 3.63) is 106 Å². The lowest BCUT2D eigenvalue weighted by atomic mass is 9.91. The number of alkyl halides is 3. The Morgan fingerprint density at radius 1 is 1.07 bits per heavy atom. The molecule has 1 unspecified atom stereocenters. The van der Waals surface area contributed by atoms with E-state index in [-0.39, 0.29) is 47.9 Å². The van der Waals surface area contributed by atoms with Crippen molar-refractivity contribution in [1.82, 2.24) is 9.47 Å². The summed E-state index contributed by atoms with van der Waals surface area (Å²) < 4.78 is 57.5. The van der Waals surface area contributed by atoms with Gasteiger partial charge in [-0.2, -0.15) is 13.2 Å². The van der Waals surface area contributed by atoms with Gasteiger partial charge in [0.1, 0.15) is 6.10 Å². The van der Waals surface area contributed by atoms with Crippen molar-refractivity contribution in [3.8, 4) is 11.5 Å². The number of aliphatic carboxylic acids is 1. The van der Waals surface area contributed by atoms with Crippen LogP contribution in [0.4, 0.5) is 18.9 Å². The fourth-order valence-corrected chi connectivity index (χ4v) is 5.70. The number of aromatic nitrogens is 1. The molecule has 46 heavy (non-hydrogen) atoms. The minimum atomic E-state index is -5.06. The van der Waals surface area contributed by atoms with Crippen LogP contribution in [0.1, 0.15) is 29.5 Å². The van der Waals surface area contributed by atoms with Gasteiger partial charge in [0, 0.05) is 61.5 Å². The first kappa shape index (κ1) is 32.5. The molecule has 1 aromatic heterocycles. The maximum absolute atomic E-state index is 14.8. The molecule has 1 aliphatic heterocycles. The zero-order valence-corrected chi connectivity index (χ0v) is 24.8. The van der Waals surface area contributed by atoms with E-state index < -0.39 is 29.2 Å². The van der Waals surface area contributed by atoms with E-state index in [4.69, 9.17) is 14.6 Å². The Morgan fingerprint density at radius 2 is 1.78 bits per heavy atom. The number of hydrogen-bond donors (Lipinski definition) is 2. The van der Waals surface area contributed by atoms with Gasteiger partial charge in [0.2, 0.25) is 5.60 Å². The quantitative estimate of drug-likeness (QED) is 0.116. The third-order valence-corrected chi connectivity index (χ3v) is 8.07. The van der Waals surface area contributed by atoms with E-state index in [1.165, 1.54) is 41.0 Å². The maximum atomic E-state index is 14.8. The van der Waals surface area contributed by atoms with E-state index in [0.29, 0.717) is 29.9 Å². The van der Waals surface area contributed by atoms with Gasteiger partial charge < -0.3 is 24.3 Å². The predicted molar refractivity (Wildman–Crippen MR) is 164 cm³/mol. The van der Waals surface area contributed by atoms with Gasteiger partial charge in [-0.1, -0.05) is 36.4 Å². The molecule has 2 heterocycles. The van der Waals surface area contributed by atoms with Crippen LogP contribution in [0.5, 0.6) is 11.5 Å². The molecule has 10 nitrogen and oxygen atoms in total. The average molecular weight is 640 g/mol. The molecule has 242 valence electrons. The summed E-state index contributed by atoms with van der Waals surface area (Å²) in [6.07, 6.45) is -0.991. The molecule has 1 atom stereocenters. The number of carbonyl (C=O) groups is 1. The summed E-state index contributed by atoms with van der Waals surface area (Å²) in [4.78, 5) is 23.2. The molecule has 0 aliphatic carbocycles. The highest BCUT2D eigenvalue weighted by atomic mass is 19.4. The van der Waals surface area contributed by atoms with Crippen molar-refractivity contribution in [2.45, 2.75) is 37.3 Å². The lowest BCUT2D eigenvalue weighted by Crippen LogP contribution is -2.53. The number of benzene rings is 3. The van der Waals surface area contributed by atoms with E-state index in [1.807, 2.05) is 0 Å². The summed E-state index contributed by atoms with van der Waals surface area (Å²) in [5, 5.41) is 31.9. The van der Waals surface area contributed by atoms with Crippen LogP contribution in [0.2, 0.25) is 0 Å². The van der Waals surface area contributed by atoms with Gasteiger partial charge in [-0.25, -0.2) is 4.79 Å². The second kappa shape index (κ2) is 13.2. The number of β-amino-alcohol motifs (C(OH)–C–C–N with tert-alkyl or cyclic N) is 1. The monoisotopic (exact) mass is 639 g/mol. The first-order valence-electron chi connectivity index (χ1n) is 14.5. The van der Waals surface area contributed by atoms with Crippen LogP contribution in [0.25, 0.3) is 17.0 Å². The van der Waals surface area contributed by atoms with Gasteiger partial charge in [0.05, 0.1) is 17.5 Å². The second-order valence-electron chi connectivity index (χ2n) is 11.1. The Hall–Kier alpha value is -4.88. The number of nitro groups is 1. The number of aliphatic hydroxyl groups is 1. The molecule has 1 fully saturated rings. The molecular weight excluding hydrogens is 607 g/mol. The van der Waals surface area contributed by atoms with Crippen LogP contribution in [0.3, 0.4) is 0 Å². The number of piperidine rings is 1. The van der Waals surface area contributed by atoms with E-state index in [2.05, 4.69) is 0 Å². The Balaban J connectivity index is 1.37. The number of ether oxygens (including phenoxy) is 2. The number of non-ortho nitro benzene ring substituents is 1. The summed E-state index contributed by atoms with van der Waals surface area (Å²) in [5.74, 6) is -0.292. The number of fused-ring (bicyclic) bond motifs is 1. The zero-order valence-electron chi connectivity index (χ0n) is 24.8. The predicted octanol–water partition coefficient (Wildman–Crippen LogP) is 6.00. The minimum Gasteiger partial charge on any atom is -0.493 e. The summed E-state index contributed by atoms with van der Waals surface area (Å²) >= 11 is 0. The van der Waals surface area contributed by atoms with E-state index >= 15 is 0 Å². The van der Waals surface area contributed by atoms with Crippen molar-refractivity contribution < 1.29 is 42.6 Å². The van der Waals surface area contributed by atoms with Crippen LogP contribution < -0.4 is 9.47 Å². The smallest absolute Gasteiger partial charge is 0.422 e. The highest BCUT2D eigenvalue weighted by molar-refractivity contribution is 5.87. The van der Waals surface area contributed by atoms with Gasteiger partial charge in [-0.05, 0) is 48.2 Å². The molecule has 13 heteroatoms. The lowest BCUT2D eigenvalue weighted by molar-refractivity contribution is -0.384. The third-order valence-electron chi connectivity index (χ3n) is 8.07. The second-order valence-corrected chi connectivity index (χ2v) is 11.1. The van der Waals surface area contributed by atoms with Crippen LogP contribution >= 0.6 is 0 Å². The van der Waals surface area contributed by atoms with E-state index in [0.717, 1.165) is 17.7 Å². The van der Waals surface area contributed by atoms with Gasteiger partial charge in [0.15, 0.2) is 11.5 Å². The number of carboxylic acids is 1. The largest absolute Gasteiger partial charge is 0.493 e. The number of methoxy groups -OCH3 is 1. The van der Waals surface area contributed by atoms with Crippen molar-refractivity contribution in [1.29, 1.82) is 0 Å². The van der Waals surface area contributed by atoms with Crippen molar-refractivity contribution in [2.24, 2.45) is 0 Å². The zero-order chi connectivity index (χ0) is 33.1. The van der Waals surface area contributed by atoms with Crippen LogP contribution in [0, 0.1) is 10.1 Å². The van der Waals surface area contributed by atoms with Crippen molar-refractivity contribution in [3.63, 3.8) is 0 Å². The maximum Gasteiger partial charge on any atom is 0.422 e. The third kappa shape index (κ3) is 7.00. The molecule has 4 aromatic rings. The summed E-state index contributed by atoms with van der Waals surface area (Å²) in [6.45, 7) is -0.175. The Kier molecular flexibility index (Phi) is 9.35. The number of rotatable bonds is 11. The summed E-state index contributed by atoms with van der Waals surface area (Å²) in [6, 6.07) is 17.5. The Bertz CT molecular complexity index is 1750. The number of halogens is 3. The SMILES string of the molecule is COc1cc(C=CC(=O)O)ccc1OC1CCN(CC(O)(c2cn(Cc3ccccc3)c3cc([N+](=O)[O-])ccc23)C(F)(F)F)CC1. The topological polar surface area (TPSA) is 127 Å². The molecule has 0 amide bonds. The van der Waals surface area contributed by atoms with Gasteiger partial charge >= 0.3 is 12.1 Å². The first-order chi connectivity index (χ1) is 21.9. The number of likely N-dealkylation sites (tertiary alicyclic amines) is 1. The van der Waals surface area contributed by atoms with Gasteiger partial charge in [-0.3, -0.25) is 15.0 Å². The molecule has 3 aromatic carbocycles. The highest BCUT2D eigenvalue weighted by Gasteiger charge is 2.57. The Labute approximate surface area is 262 Å². The molecule has 0 saturated carbocycles. The van der Waals surface area contributed by atoms with Crippen LogP contribution in [-0.4, -0.2) is 69.6 Å². The van der Waals surface area contributed by atoms with Crippen molar-refractivity contribution in [2.75, 3.05) is 26.7 Å². The van der Waals surface area contributed by atoms with Crippen molar-refractivity contribution >= 4 is 28.6 Å². The first-order valence-corrected chi connectivity index (χ1v) is 14.5. The normalized spacial score (nSPS) is 16.0. The highest BCUT2D eigenvalue weighted by Crippen LogP contribution is 2.44. The van der Waals surface area contributed by atoms with E-state index in [9.17, 15) is 33.2 Å². The fourth-order valence-electron chi connectivity index (χ4n) is 5.70. The number of carboxylic acid groups (broad SMARTS) is 1. The molecule has 5 rings (SSSR count). The van der Waals surface area contributed by atoms with Crippen LogP contribution in [0.15, 0.2) is 79.0 Å². The molecule has 1 aliphatic rings. The molecule has 2 N–H and O–H groups in total. The number of nitrogens with zero attached hydrogens (tertiary/aromatic N) is 3.